The molecule has 0 bridgehead atoms. The Morgan fingerprint density at radius 2 is 1.62 bits per heavy atom. The number of halogens is 1. The van der Waals surface area contributed by atoms with Gasteiger partial charge in [0, 0.05) is 10.0 Å². The molecule has 0 radical (unpaired) electrons. The third-order valence-corrected chi connectivity index (χ3v) is 8.62. The van der Waals surface area contributed by atoms with Gasteiger partial charge in [-0.25, -0.2) is 8.42 Å². The van der Waals surface area contributed by atoms with Gasteiger partial charge in [-0.2, -0.15) is 0 Å². The van der Waals surface area contributed by atoms with E-state index in [1.807, 2.05) is 49.4 Å². The van der Waals surface area contributed by atoms with Gasteiger partial charge in [-0.1, -0.05) is 58.4 Å². The van der Waals surface area contributed by atoms with Gasteiger partial charge in [0.15, 0.2) is 5.78 Å². The Morgan fingerprint density at radius 1 is 0.966 bits per heavy atom. The molecule has 1 spiro atoms. The van der Waals surface area contributed by atoms with E-state index in [9.17, 15) is 13.2 Å². The molecular weight excluding hydrogens is 450 g/mol. The minimum Gasteiger partial charge on any atom is -0.293 e. The first-order chi connectivity index (χ1) is 13.9. The van der Waals surface area contributed by atoms with E-state index in [1.165, 1.54) is 4.31 Å². The number of nitrogens with zero attached hydrogens (tertiary/aromatic N) is 1. The van der Waals surface area contributed by atoms with Gasteiger partial charge >= 0.3 is 0 Å². The van der Waals surface area contributed by atoms with E-state index >= 15 is 0 Å². The van der Waals surface area contributed by atoms with Crippen molar-refractivity contribution in [3.63, 3.8) is 0 Å². The highest BCUT2D eigenvalue weighted by Gasteiger charge is 2.59. The van der Waals surface area contributed by atoms with Crippen LogP contribution in [-0.4, -0.2) is 20.2 Å². The minimum absolute atomic E-state index is 0.00144. The summed E-state index contributed by atoms with van der Waals surface area (Å²) < 4.78 is 29.5. The normalized spacial score (nSPS) is 22.8. The summed E-state index contributed by atoms with van der Waals surface area (Å²) in [6.45, 7) is 1.85. The summed E-state index contributed by atoms with van der Waals surface area (Å²) in [4.78, 5) is 13.8. The standard InChI is InChI=1S/C23H18BrNO3S/c1-15-23(14-16-6-2-3-7-19(16)22(23)26)20-8-4-5-9-21(20)25(15)29(27,28)18-12-10-17(24)11-13-18/h2-13,15H,14H2,1H3/t15-,23+/m0/s1. The number of sulfonamides is 1. The van der Waals surface area contributed by atoms with E-state index in [1.54, 1.807) is 30.3 Å². The van der Waals surface area contributed by atoms with Crippen molar-refractivity contribution >= 4 is 37.4 Å². The maximum absolute atomic E-state index is 13.6. The van der Waals surface area contributed by atoms with Crippen molar-refractivity contribution in [2.45, 2.75) is 29.7 Å². The predicted octanol–water partition coefficient (Wildman–Crippen LogP) is 4.72. The molecule has 1 aliphatic heterocycles. The van der Waals surface area contributed by atoms with Crippen molar-refractivity contribution in [3.05, 3.63) is 94.0 Å². The largest absolute Gasteiger partial charge is 0.293 e. The Kier molecular flexibility index (Phi) is 4.02. The van der Waals surface area contributed by atoms with Gasteiger partial charge in [-0.05, 0) is 54.8 Å². The first kappa shape index (κ1) is 18.6. The smallest absolute Gasteiger partial charge is 0.264 e. The molecule has 4 nitrogen and oxygen atoms in total. The van der Waals surface area contributed by atoms with Gasteiger partial charge in [0.25, 0.3) is 10.0 Å². The molecule has 5 rings (SSSR count). The number of ketones is 1. The molecule has 146 valence electrons. The first-order valence-corrected chi connectivity index (χ1v) is 11.6. The lowest BCUT2D eigenvalue weighted by molar-refractivity contribution is 0.0894. The summed E-state index contributed by atoms with van der Waals surface area (Å²) in [5, 5.41) is 0. The lowest BCUT2D eigenvalue weighted by atomic mass is 9.74. The van der Waals surface area contributed by atoms with E-state index in [2.05, 4.69) is 15.9 Å². The number of carbonyl (C=O) groups is 1. The summed E-state index contributed by atoms with van der Waals surface area (Å²) in [6.07, 6.45) is 0.506. The highest BCUT2D eigenvalue weighted by atomic mass is 79.9. The monoisotopic (exact) mass is 467 g/mol. The zero-order chi connectivity index (χ0) is 20.4. The van der Waals surface area contributed by atoms with Gasteiger partial charge < -0.3 is 0 Å². The molecular formula is C23H18BrNO3S. The Labute approximate surface area is 178 Å². The van der Waals surface area contributed by atoms with Crippen LogP contribution in [0.2, 0.25) is 0 Å². The van der Waals surface area contributed by atoms with Crippen molar-refractivity contribution < 1.29 is 13.2 Å². The molecule has 1 heterocycles. The third kappa shape index (κ3) is 2.42. The molecule has 3 aromatic rings. The Morgan fingerprint density at radius 3 is 2.34 bits per heavy atom. The van der Waals surface area contributed by atoms with Crippen LogP contribution in [0.4, 0.5) is 5.69 Å². The summed E-state index contributed by atoms with van der Waals surface area (Å²) in [5.41, 5.74) is 2.14. The van der Waals surface area contributed by atoms with Crippen molar-refractivity contribution in [2.75, 3.05) is 4.31 Å². The molecule has 0 saturated heterocycles. The van der Waals surface area contributed by atoms with E-state index in [0.717, 1.165) is 15.6 Å². The molecule has 6 heteroatoms. The second kappa shape index (κ2) is 6.28. The molecule has 2 atom stereocenters. The Hall–Kier alpha value is -2.44. The van der Waals surface area contributed by atoms with Crippen LogP contribution in [0.25, 0.3) is 0 Å². The van der Waals surface area contributed by atoms with E-state index < -0.39 is 21.5 Å². The lowest BCUT2D eigenvalue weighted by Crippen LogP contribution is -2.48. The Bertz CT molecular complexity index is 1250. The fourth-order valence-electron chi connectivity index (χ4n) is 4.81. The highest BCUT2D eigenvalue weighted by Crippen LogP contribution is 2.53. The molecule has 29 heavy (non-hydrogen) atoms. The minimum atomic E-state index is -3.83. The third-order valence-electron chi connectivity index (χ3n) is 6.19. The quantitative estimate of drug-likeness (QED) is 0.547. The number of hydrogen-bond acceptors (Lipinski definition) is 3. The average molecular weight is 468 g/mol. The lowest BCUT2D eigenvalue weighted by Gasteiger charge is -2.32. The van der Waals surface area contributed by atoms with Crippen molar-refractivity contribution in [2.24, 2.45) is 0 Å². The Balaban J connectivity index is 1.72. The van der Waals surface area contributed by atoms with Gasteiger partial charge in [0.2, 0.25) is 0 Å². The molecule has 0 amide bonds. The summed E-state index contributed by atoms with van der Waals surface area (Å²) in [6, 6.07) is 21.0. The predicted molar refractivity (Wildman–Crippen MR) is 116 cm³/mol. The van der Waals surface area contributed by atoms with E-state index in [4.69, 9.17) is 0 Å². The van der Waals surface area contributed by atoms with Crippen LogP contribution < -0.4 is 4.31 Å². The SMILES string of the molecule is C[C@@H]1N(S(=O)(=O)c2ccc(Br)cc2)c2ccccc2[C@@]12Cc1ccccc1C2=O. The molecule has 0 aromatic heterocycles. The number of hydrogen-bond donors (Lipinski definition) is 0. The van der Waals surface area contributed by atoms with Gasteiger partial charge in [0.1, 0.15) is 0 Å². The van der Waals surface area contributed by atoms with Crippen LogP contribution in [0.1, 0.15) is 28.4 Å². The summed E-state index contributed by atoms with van der Waals surface area (Å²) in [7, 11) is -3.83. The van der Waals surface area contributed by atoms with E-state index in [-0.39, 0.29) is 10.7 Å². The molecule has 0 saturated carbocycles. The molecule has 1 aliphatic carbocycles. The zero-order valence-corrected chi connectivity index (χ0v) is 18.1. The molecule has 0 unspecified atom stereocenters. The van der Waals surface area contributed by atoms with Crippen LogP contribution in [0.5, 0.6) is 0 Å². The second-order valence-corrected chi connectivity index (χ2v) is 10.3. The van der Waals surface area contributed by atoms with Crippen LogP contribution in [0.3, 0.4) is 0 Å². The fraction of sp³-hybridized carbons (Fsp3) is 0.174. The first-order valence-electron chi connectivity index (χ1n) is 9.39. The molecule has 0 N–H and O–H groups in total. The van der Waals surface area contributed by atoms with Crippen molar-refractivity contribution in [1.82, 2.24) is 0 Å². The van der Waals surface area contributed by atoms with E-state index in [0.29, 0.717) is 17.7 Å². The number of rotatable bonds is 2. The number of fused-ring (bicyclic) bond motifs is 3. The maximum atomic E-state index is 13.6. The number of anilines is 1. The van der Waals surface area contributed by atoms with Crippen LogP contribution in [0, 0.1) is 0 Å². The summed E-state index contributed by atoms with van der Waals surface area (Å²) >= 11 is 3.35. The highest BCUT2D eigenvalue weighted by molar-refractivity contribution is 9.10. The van der Waals surface area contributed by atoms with Crippen molar-refractivity contribution in [3.8, 4) is 0 Å². The maximum Gasteiger partial charge on any atom is 0.264 e. The van der Waals surface area contributed by atoms with Crippen LogP contribution >= 0.6 is 15.9 Å². The van der Waals surface area contributed by atoms with Crippen LogP contribution in [0.15, 0.2) is 82.2 Å². The second-order valence-electron chi connectivity index (χ2n) is 7.58. The number of carbonyl (C=O) groups excluding carboxylic acids is 1. The molecule has 3 aromatic carbocycles. The number of para-hydroxylation sites is 1. The van der Waals surface area contributed by atoms with Crippen LogP contribution in [-0.2, 0) is 21.9 Å². The average Bonchev–Trinajstić information content (AvgIpc) is 3.16. The molecule has 0 fully saturated rings. The fourth-order valence-corrected chi connectivity index (χ4v) is 6.79. The summed E-state index contributed by atoms with van der Waals surface area (Å²) in [5.74, 6) is 0.00144. The number of Topliss-reactive ketones (excluding diaryl/α,β-unsaturated/α-hetero) is 1. The zero-order valence-electron chi connectivity index (χ0n) is 15.7. The molecule has 2 aliphatic rings. The topological polar surface area (TPSA) is 54.5 Å². The van der Waals surface area contributed by atoms with Gasteiger partial charge in [-0.15, -0.1) is 0 Å². The number of benzene rings is 3. The van der Waals surface area contributed by atoms with Gasteiger partial charge in [0.05, 0.1) is 22.0 Å². The van der Waals surface area contributed by atoms with Gasteiger partial charge in [-0.3, -0.25) is 9.10 Å². The van der Waals surface area contributed by atoms with Crippen molar-refractivity contribution in [1.29, 1.82) is 0 Å².